The molecule has 0 spiro atoms. The minimum Gasteiger partial charge on any atom is -0.379 e. The van der Waals surface area contributed by atoms with Crippen LogP contribution in [0.1, 0.15) is 49.3 Å². The van der Waals surface area contributed by atoms with E-state index in [1.807, 2.05) is 24.4 Å². The number of nitrogens with one attached hydrogen (secondary N) is 1. The molecule has 1 aliphatic rings. The predicted molar refractivity (Wildman–Crippen MR) is 137 cm³/mol. The SMILES string of the molecule is C[Si](C)(C)CCOCn1cnc2cc(NCc3ccc(C4CCCCC4)cn3)ccc2c1=O. The topological polar surface area (TPSA) is 69.0 Å². The monoisotopic (exact) mass is 464 g/mol. The van der Waals surface area contributed by atoms with E-state index in [0.29, 0.717) is 30.0 Å². The van der Waals surface area contributed by atoms with Gasteiger partial charge < -0.3 is 10.1 Å². The molecule has 33 heavy (non-hydrogen) atoms. The molecule has 1 aliphatic carbocycles. The third-order valence-electron chi connectivity index (χ3n) is 6.45. The number of benzene rings is 1. The van der Waals surface area contributed by atoms with Crippen molar-refractivity contribution in [2.24, 2.45) is 0 Å². The van der Waals surface area contributed by atoms with Gasteiger partial charge in [-0.1, -0.05) is 45.0 Å². The second kappa shape index (κ2) is 10.6. The Kier molecular flexibility index (Phi) is 7.60. The summed E-state index contributed by atoms with van der Waals surface area (Å²) >= 11 is 0. The quantitative estimate of drug-likeness (QED) is 0.322. The fourth-order valence-electron chi connectivity index (χ4n) is 4.31. The largest absolute Gasteiger partial charge is 0.379 e. The zero-order valence-electron chi connectivity index (χ0n) is 20.1. The van der Waals surface area contributed by atoms with Crippen LogP contribution in [0.4, 0.5) is 5.69 Å². The van der Waals surface area contributed by atoms with Gasteiger partial charge in [-0.15, -0.1) is 0 Å². The van der Waals surface area contributed by atoms with Crippen LogP contribution in [0, 0.1) is 0 Å². The van der Waals surface area contributed by atoms with Crippen molar-refractivity contribution >= 4 is 24.7 Å². The first-order valence-electron chi connectivity index (χ1n) is 12.1. The third-order valence-corrected chi connectivity index (χ3v) is 8.15. The number of hydrogen-bond donors (Lipinski definition) is 1. The molecule has 0 bridgehead atoms. The van der Waals surface area contributed by atoms with Gasteiger partial charge in [0.25, 0.3) is 5.56 Å². The van der Waals surface area contributed by atoms with Crippen molar-refractivity contribution in [1.82, 2.24) is 14.5 Å². The van der Waals surface area contributed by atoms with Crippen molar-refractivity contribution in [1.29, 1.82) is 0 Å². The van der Waals surface area contributed by atoms with E-state index < -0.39 is 8.07 Å². The maximum Gasteiger partial charge on any atom is 0.263 e. The van der Waals surface area contributed by atoms with Crippen molar-refractivity contribution < 1.29 is 4.74 Å². The standard InChI is InChI=1S/C26H36N4O2Si/c1-33(2,3)14-13-32-19-30-18-29-25-15-22(11-12-24(25)26(30)31)28-17-23-10-9-21(16-27-23)20-7-5-4-6-8-20/h9-12,15-16,18,20,28H,4-8,13-14,17,19H2,1-3H3. The summed E-state index contributed by atoms with van der Waals surface area (Å²) in [5.74, 6) is 0.676. The number of fused-ring (bicyclic) bond motifs is 1. The molecule has 0 saturated heterocycles. The minimum atomic E-state index is -1.14. The molecule has 7 heteroatoms. The lowest BCUT2D eigenvalue weighted by atomic mass is 9.85. The van der Waals surface area contributed by atoms with Crippen LogP contribution >= 0.6 is 0 Å². The average Bonchev–Trinajstić information content (AvgIpc) is 2.82. The zero-order chi connectivity index (χ0) is 23.3. The Labute approximate surface area is 197 Å². The van der Waals surface area contributed by atoms with E-state index in [4.69, 9.17) is 4.74 Å². The number of pyridine rings is 1. The maximum absolute atomic E-state index is 12.8. The second-order valence-corrected chi connectivity index (χ2v) is 16.0. The highest BCUT2D eigenvalue weighted by Crippen LogP contribution is 2.32. The zero-order valence-corrected chi connectivity index (χ0v) is 21.1. The molecule has 1 saturated carbocycles. The summed E-state index contributed by atoms with van der Waals surface area (Å²) in [5.41, 5.74) is 3.92. The van der Waals surface area contributed by atoms with Gasteiger partial charge in [0.1, 0.15) is 13.1 Å². The normalized spacial score (nSPS) is 15.1. The summed E-state index contributed by atoms with van der Waals surface area (Å²) in [6.07, 6.45) is 10.2. The molecule has 2 aromatic heterocycles. The highest BCUT2D eigenvalue weighted by Gasteiger charge is 2.16. The van der Waals surface area contributed by atoms with E-state index in [2.05, 4.69) is 47.1 Å². The lowest BCUT2D eigenvalue weighted by Gasteiger charge is -2.21. The van der Waals surface area contributed by atoms with Crippen LogP contribution in [0.3, 0.4) is 0 Å². The van der Waals surface area contributed by atoms with E-state index in [9.17, 15) is 4.79 Å². The molecule has 3 aromatic rings. The first-order chi connectivity index (χ1) is 15.9. The molecule has 0 unspecified atom stereocenters. The lowest BCUT2D eigenvalue weighted by molar-refractivity contribution is 0.0844. The molecule has 2 heterocycles. The Morgan fingerprint density at radius 3 is 2.64 bits per heavy atom. The van der Waals surface area contributed by atoms with Gasteiger partial charge in [0.15, 0.2) is 0 Å². The lowest BCUT2D eigenvalue weighted by Crippen LogP contribution is -2.25. The van der Waals surface area contributed by atoms with Crippen LogP contribution in [0.15, 0.2) is 47.7 Å². The molecule has 0 atom stereocenters. The summed E-state index contributed by atoms with van der Waals surface area (Å²) in [6, 6.07) is 11.1. The van der Waals surface area contributed by atoms with Crippen molar-refractivity contribution in [3.05, 3.63) is 64.5 Å². The van der Waals surface area contributed by atoms with E-state index in [-0.39, 0.29) is 12.3 Å². The van der Waals surface area contributed by atoms with Crippen molar-refractivity contribution in [2.45, 2.75) is 77.0 Å². The number of ether oxygens (including phenoxy) is 1. The molecular formula is C26H36N4O2Si. The highest BCUT2D eigenvalue weighted by atomic mass is 28.3. The fraction of sp³-hybridized carbons (Fsp3) is 0.500. The molecule has 0 aliphatic heterocycles. The van der Waals surface area contributed by atoms with E-state index in [0.717, 1.165) is 17.4 Å². The molecule has 1 aromatic carbocycles. The van der Waals surface area contributed by atoms with Gasteiger partial charge in [-0.05, 0) is 54.6 Å². The molecular weight excluding hydrogens is 428 g/mol. The van der Waals surface area contributed by atoms with Crippen molar-refractivity contribution in [2.75, 3.05) is 11.9 Å². The Morgan fingerprint density at radius 2 is 1.91 bits per heavy atom. The molecule has 0 amide bonds. The van der Waals surface area contributed by atoms with Gasteiger partial charge in [0, 0.05) is 26.6 Å². The molecule has 176 valence electrons. The van der Waals surface area contributed by atoms with E-state index in [1.165, 1.54) is 42.2 Å². The van der Waals surface area contributed by atoms with Crippen LogP contribution in [0.5, 0.6) is 0 Å². The number of nitrogens with zero attached hydrogens (tertiary/aromatic N) is 3. The first-order valence-corrected chi connectivity index (χ1v) is 15.9. The summed E-state index contributed by atoms with van der Waals surface area (Å²) < 4.78 is 7.26. The minimum absolute atomic E-state index is 0.0699. The Bertz CT molecular complexity index is 1120. The van der Waals surface area contributed by atoms with Crippen LogP contribution in [0.2, 0.25) is 25.7 Å². The van der Waals surface area contributed by atoms with Gasteiger partial charge in [0.2, 0.25) is 0 Å². The highest BCUT2D eigenvalue weighted by molar-refractivity contribution is 6.76. The van der Waals surface area contributed by atoms with Gasteiger partial charge >= 0.3 is 0 Å². The number of rotatable bonds is 9. The smallest absolute Gasteiger partial charge is 0.263 e. The molecule has 1 N–H and O–H groups in total. The molecule has 1 fully saturated rings. The third kappa shape index (κ3) is 6.51. The number of aromatic nitrogens is 3. The Balaban J connectivity index is 1.35. The molecule has 6 nitrogen and oxygen atoms in total. The van der Waals surface area contributed by atoms with Crippen molar-refractivity contribution in [3.63, 3.8) is 0 Å². The summed E-state index contributed by atoms with van der Waals surface area (Å²) in [4.78, 5) is 21.9. The average molecular weight is 465 g/mol. The molecule has 0 radical (unpaired) electrons. The van der Waals surface area contributed by atoms with E-state index in [1.54, 1.807) is 6.33 Å². The van der Waals surface area contributed by atoms with Gasteiger partial charge in [-0.2, -0.15) is 0 Å². The van der Waals surface area contributed by atoms with Gasteiger partial charge in [-0.25, -0.2) is 4.98 Å². The van der Waals surface area contributed by atoms with Crippen LogP contribution < -0.4 is 10.9 Å². The van der Waals surface area contributed by atoms with Crippen molar-refractivity contribution in [3.8, 4) is 0 Å². The van der Waals surface area contributed by atoms with E-state index >= 15 is 0 Å². The number of hydrogen-bond acceptors (Lipinski definition) is 5. The fourth-order valence-corrected chi connectivity index (χ4v) is 5.07. The second-order valence-electron chi connectivity index (χ2n) is 10.4. The Hall–Kier alpha value is -2.51. The van der Waals surface area contributed by atoms with Crippen LogP contribution in [-0.4, -0.2) is 29.2 Å². The maximum atomic E-state index is 12.8. The number of anilines is 1. The Morgan fingerprint density at radius 1 is 1.09 bits per heavy atom. The molecule has 4 rings (SSSR count). The first kappa shape index (κ1) is 23.6. The van der Waals surface area contributed by atoms with Gasteiger partial charge in [0.05, 0.1) is 23.1 Å². The predicted octanol–water partition coefficient (Wildman–Crippen LogP) is 5.76. The summed E-state index contributed by atoms with van der Waals surface area (Å²) in [6.45, 7) is 8.50. The summed E-state index contributed by atoms with van der Waals surface area (Å²) in [7, 11) is -1.14. The van der Waals surface area contributed by atoms with Crippen LogP contribution in [0.25, 0.3) is 10.9 Å². The van der Waals surface area contributed by atoms with Crippen LogP contribution in [-0.2, 0) is 18.0 Å². The van der Waals surface area contributed by atoms with Gasteiger partial charge in [-0.3, -0.25) is 14.3 Å². The summed E-state index contributed by atoms with van der Waals surface area (Å²) in [5, 5.41) is 4.01.